The van der Waals surface area contributed by atoms with Crippen molar-refractivity contribution >= 4 is 29.1 Å². The van der Waals surface area contributed by atoms with E-state index in [4.69, 9.17) is 21.1 Å². The SMILES string of the molecule is CNC(=O)c1ccc(NC(=O)Cc2cc(Cl)c3c(c2)OCCO3)cc1. The normalized spacial score (nSPS) is 12.4. The molecule has 2 N–H and O–H groups in total. The number of halogens is 1. The van der Waals surface area contributed by atoms with Gasteiger partial charge in [0, 0.05) is 18.3 Å². The van der Waals surface area contributed by atoms with Crippen LogP contribution in [0.25, 0.3) is 0 Å². The smallest absolute Gasteiger partial charge is 0.251 e. The molecule has 0 fully saturated rings. The van der Waals surface area contributed by atoms with Crippen molar-refractivity contribution in [2.45, 2.75) is 6.42 Å². The molecule has 2 aromatic rings. The number of hydrogen-bond acceptors (Lipinski definition) is 4. The van der Waals surface area contributed by atoms with Crippen molar-refractivity contribution in [1.82, 2.24) is 5.32 Å². The fourth-order valence-electron chi connectivity index (χ4n) is 2.51. The van der Waals surface area contributed by atoms with Crippen molar-refractivity contribution < 1.29 is 19.1 Å². The minimum Gasteiger partial charge on any atom is -0.486 e. The van der Waals surface area contributed by atoms with E-state index in [1.165, 1.54) is 0 Å². The zero-order valence-electron chi connectivity index (χ0n) is 13.6. The first-order valence-corrected chi connectivity index (χ1v) is 8.14. The lowest BCUT2D eigenvalue weighted by molar-refractivity contribution is -0.115. The van der Waals surface area contributed by atoms with Crippen LogP contribution in [-0.2, 0) is 11.2 Å². The van der Waals surface area contributed by atoms with Gasteiger partial charge in [-0.25, -0.2) is 0 Å². The number of anilines is 1. The molecule has 25 heavy (non-hydrogen) atoms. The Kier molecular flexibility index (Phi) is 5.09. The highest BCUT2D eigenvalue weighted by Gasteiger charge is 2.17. The molecule has 1 aliphatic rings. The molecule has 0 saturated heterocycles. The van der Waals surface area contributed by atoms with E-state index in [0.717, 1.165) is 5.56 Å². The second kappa shape index (κ2) is 7.44. The van der Waals surface area contributed by atoms with Crippen LogP contribution in [-0.4, -0.2) is 32.1 Å². The fourth-order valence-corrected chi connectivity index (χ4v) is 2.79. The summed E-state index contributed by atoms with van der Waals surface area (Å²) in [5, 5.41) is 5.76. The predicted molar refractivity (Wildman–Crippen MR) is 94.6 cm³/mol. The lowest BCUT2D eigenvalue weighted by atomic mass is 10.1. The van der Waals surface area contributed by atoms with Crippen LogP contribution in [0.5, 0.6) is 11.5 Å². The molecular formula is C18H17ClN2O4. The van der Waals surface area contributed by atoms with Gasteiger partial charge in [-0.05, 0) is 42.0 Å². The molecule has 0 unspecified atom stereocenters. The van der Waals surface area contributed by atoms with Crippen molar-refractivity contribution in [1.29, 1.82) is 0 Å². The summed E-state index contributed by atoms with van der Waals surface area (Å²) in [5.41, 5.74) is 1.87. The van der Waals surface area contributed by atoms with Gasteiger partial charge in [0.2, 0.25) is 5.91 Å². The van der Waals surface area contributed by atoms with Crippen molar-refractivity contribution in [2.75, 3.05) is 25.6 Å². The highest BCUT2D eigenvalue weighted by atomic mass is 35.5. The first-order chi connectivity index (χ1) is 12.1. The first-order valence-electron chi connectivity index (χ1n) is 7.77. The van der Waals surface area contributed by atoms with Crippen molar-refractivity contribution in [3.63, 3.8) is 0 Å². The summed E-state index contributed by atoms with van der Waals surface area (Å²) in [5.74, 6) is 0.697. The van der Waals surface area contributed by atoms with Crippen LogP contribution in [0.15, 0.2) is 36.4 Å². The topological polar surface area (TPSA) is 76.7 Å². The van der Waals surface area contributed by atoms with Crippen molar-refractivity contribution in [2.24, 2.45) is 0 Å². The van der Waals surface area contributed by atoms with E-state index in [-0.39, 0.29) is 18.2 Å². The average molecular weight is 361 g/mol. The van der Waals surface area contributed by atoms with Gasteiger partial charge in [-0.1, -0.05) is 11.6 Å². The van der Waals surface area contributed by atoms with Gasteiger partial charge >= 0.3 is 0 Å². The third kappa shape index (κ3) is 4.03. The first kappa shape index (κ1) is 17.1. The number of carbonyl (C=O) groups is 2. The summed E-state index contributed by atoms with van der Waals surface area (Å²) < 4.78 is 11.0. The number of benzene rings is 2. The minimum absolute atomic E-state index is 0.146. The molecule has 0 spiro atoms. The number of amides is 2. The lowest BCUT2D eigenvalue weighted by Crippen LogP contribution is -2.18. The Morgan fingerprint density at radius 1 is 1.12 bits per heavy atom. The third-order valence-corrected chi connectivity index (χ3v) is 3.96. The highest BCUT2D eigenvalue weighted by Crippen LogP contribution is 2.38. The van der Waals surface area contributed by atoms with E-state index in [2.05, 4.69) is 10.6 Å². The molecule has 2 amide bonds. The van der Waals surface area contributed by atoms with Gasteiger partial charge in [-0.2, -0.15) is 0 Å². The molecule has 0 bridgehead atoms. The van der Waals surface area contributed by atoms with Crippen LogP contribution in [0, 0.1) is 0 Å². The van der Waals surface area contributed by atoms with Gasteiger partial charge in [0.05, 0.1) is 11.4 Å². The van der Waals surface area contributed by atoms with Crippen molar-refractivity contribution in [3.8, 4) is 11.5 Å². The molecule has 0 atom stereocenters. The number of nitrogens with one attached hydrogen (secondary N) is 2. The summed E-state index contributed by atoms with van der Waals surface area (Å²) in [4.78, 5) is 23.7. The lowest BCUT2D eigenvalue weighted by Gasteiger charge is -2.20. The molecule has 130 valence electrons. The largest absolute Gasteiger partial charge is 0.486 e. The maximum absolute atomic E-state index is 12.2. The summed E-state index contributed by atoms with van der Waals surface area (Å²) in [7, 11) is 1.57. The van der Waals surface area contributed by atoms with Crippen LogP contribution < -0.4 is 20.1 Å². The Bertz CT molecular complexity index is 805. The van der Waals surface area contributed by atoms with Gasteiger partial charge in [-0.15, -0.1) is 0 Å². The molecule has 1 heterocycles. The third-order valence-electron chi connectivity index (χ3n) is 3.68. The molecule has 0 aliphatic carbocycles. The van der Waals surface area contributed by atoms with Gasteiger partial charge in [-0.3, -0.25) is 9.59 Å². The number of fused-ring (bicyclic) bond motifs is 1. The summed E-state index contributed by atoms with van der Waals surface area (Å²) in [6.45, 7) is 0.912. The maximum Gasteiger partial charge on any atom is 0.251 e. The van der Waals surface area contributed by atoms with Crippen LogP contribution in [0.3, 0.4) is 0 Å². The highest BCUT2D eigenvalue weighted by molar-refractivity contribution is 6.32. The molecule has 1 aliphatic heterocycles. The molecule has 0 radical (unpaired) electrons. The van der Waals surface area contributed by atoms with Crippen LogP contribution in [0.4, 0.5) is 5.69 Å². The molecule has 3 rings (SSSR count). The Labute approximate surface area is 150 Å². The maximum atomic E-state index is 12.2. The van der Waals surface area contributed by atoms with Crippen LogP contribution in [0.1, 0.15) is 15.9 Å². The van der Waals surface area contributed by atoms with Gasteiger partial charge in [0.1, 0.15) is 13.2 Å². The standard InChI is InChI=1S/C18H17ClN2O4/c1-20-18(23)12-2-4-13(5-3-12)21-16(22)10-11-8-14(19)17-15(9-11)24-6-7-25-17/h2-5,8-9H,6-7,10H2,1H3,(H,20,23)(H,21,22). The summed E-state index contributed by atoms with van der Waals surface area (Å²) >= 11 is 6.18. The molecule has 7 heteroatoms. The van der Waals surface area contributed by atoms with E-state index in [1.54, 1.807) is 43.4 Å². The molecular weight excluding hydrogens is 344 g/mol. The number of ether oxygens (including phenoxy) is 2. The Balaban J connectivity index is 1.66. The monoisotopic (exact) mass is 360 g/mol. The van der Waals surface area contributed by atoms with Crippen molar-refractivity contribution in [3.05, 3.63) is 52.5 Å². The zero-order chi connectivity index (χ0) is 17.8. The van der Waals surface area contributed by atoms with Gasteiger partial charge in [0.15, 0.2) is 11.5 Å². The van der Waals surface area contributed by atoms with E-state index in [9.17, 15) is 9.59 Å². The fraction of sp³-hybridized carbons (Fsp3) is 0.222. The molecule has 0 aromatic heterocycles. The Morgan fingerprint density at radius 2 is 1.84 bits per heavy atom. The van der Waals surface area contributed by atoms with Crippen LogP contribution in [0.2, 0.25) is 5.02 Å². The minimum atomic E-state index is -0.194. The average Bonchev–Trinajstić information content (AvgIpc) is 2.61. The van der Waals surface area contributed by atoms with Gasteiger partial charge < -0.3 is 20.1 Å². The second-order valence-corrected chi connectivity index (χ2v) is 5.89. The van der Waals surface area contributed by atoms with Crippen LogP contribution >= 0.6 is 11.6 Å². The second-order valence-electron chi connectivity index (χ2n) is 5.48. The Hall–Kier alpha value is -2.73. The van der Waals surface area contributed by atoms with E-state index < -0.39 is 0 Å². The quantitative estimate of drug-likeness (QED) is 0.878. The van der Waals surface area contributed by atoms with E-state index in [0.29, 0.717) is 41.0 Å². The molecule has 2 aromatic carbocycles. The molecule has 0 saturated carbocycles. The predicted octanol–water partition coefficient (Wildman–Crippen LogP) is 2.65. The Morgan fingerprint density at radius 3 is 2.56 bits per heavy atom. The number of carbonyl (C=O) groups excluding carboxylic acids is 2. The summed E-state index contributed by atoms with van der Waals surface area (Å²) in [6, 6.07) is 10.1. The van der Waals surface area contributed by atoms with E-state index in [1.807, 2.05) is 0 Å². The molecule has 6 nitrogen and oxygen atoms in total. The van der Waals surface area contributed by atoms with E-state index >= 15 is 0 Å². The number of rotatable bonds is 4. The van der Waals surface area contributed by atoms with Gasteiger partial charge in [0.25, 0.3) is 5.91 Å². The summed E-state index contributed by atoms with van der Waals surface area (Å²) in [6.07, 6.45) is 0.146. The zero-order valence-corrected chi connectivity index (χ0v) is 14.4. The number of hydrogen-bond donors (Lipinski definition) is 2.